The van der Waals surface area contributed by atoms with E-state index < -0.39 is 96.7 Å². The zero-order valence-corrected chi connectivity index (χ0v) is 33.8. The van der Waals surface area contributed by atoms with Crippen LogP contribution in [0.4, 0.5) is 9.59 Å². The number of likely N-dealkylation sites (tertiary alicyclic amines) is 2. The summed E-state index contributed by atoms with van der Waals surface area (Å²) in [7, 11) is 1.44. The number of ketones is 1. The average molecular weight is 808 g/mol. The molecule has 17 nitrogen and oxygen atoms in total. The number of carbonyl (C=O) groups is 8. The Morgan fingerprint density at radius 2 is 1.40 bits per heavy atom. The molecular weight excluding hydrogens is 754 g/mol. The van der Waals surface area contributed by atoms with Gasteiger partial charge in [-0.1, -0.05) is 60.7 Å². The van der Waals surface area contributed by atoms with Crippen LogP contribution in [0.1, 0.15) is 76.2 Å². The standard InChI is InChI=1S/C41H53N5O12/c1-26(42-34(48)27(2)44(6)36(50)31-19-13-22-46(31)40(54)58-41(3,4)5)35(49)45-21-14-20-32(45)38(52)55-24-30(43-39(53)57-23-28-15-9-7-10-16-28)37(51)56-25-33(47)29-17-11-8-12-18-29/h7-12,15-18,26-27,30-32H,13-14,19-25H2,1-6H3,(H,42,48)(H,43,53)/t26-,27-,30-,31-,32-/m0/s1. The lowest BCUT2D eigenvalue weighted by Crippen LogP contribution is -2.56. The fraction of sp³-hybridized carbons (Fsp3) is 0.512. The highest BCUT2D eigenvalue weighted by Gasteiger charge is 2.41. The van der Waals surface area contributed by atoms with Gasteiger partial charge in [0.15, 0.2) is 18.4 Å². The molecule has 2 aliphatic heterocycles. The third-order valence-electron chi connectivity index (χ3n) is 9.63. The predicted molar refractivity (Wildman–Crippen MR) is 207 cm³/mol. The molecule has 0 unspecified atom stereocenters. The summed E-state index contributed by atoms with van der Waals surface area (Å²) in [6.45, 7) is 7.18. The fourth-order valence-electron chi connectivity index (χ4n) is 6.37. The molecule has 0 saturated carbocycles. The van der Waals surface area contributed by atoms with Crippen molar-refractivity contribution in [3.05, 3.63) is 71.8 Å². The van der Waals surface area contributed by atoms with Crippen molar-refractivity contribution in [2.45, 2.75) is 103 Å². The summed E-state index contributed by atoms with van der Waals surface area (Å²) in [5.41, 5.74) is 0.229. The van der Waals surface area contributed by atoms with Gasteiger partial charge in [-0.15, -0.1) is 0 Å². The molecule has 2 heterocycles. The summed E-state index contributed by atoms with van der Waals surface area (Å²) < 4.78 is 21.3. The van der Waals surface area contributed by atoms with Crippen LogP contribution in [0.25, 0.3) is 0 Å². The summed E-state index contributed by atoms with van der Waals surface area (Å²) in [6.07, 6.45) is 0.0305. The van der Waals surface area contributed by atoms with Crippen molar-refractivity contribution in [2.24, 2.45) is 0 Å². The van der Waals surface area contributed by atoms with Crippen LogP contribution in [-0.4, -0.2) is 131 Å². The van der Waals surface area contributed by atoms with E-state index >= 15 is 0 Å². The van der Waals surface area contributed by atoms with Gasteiger partial charge in [0.2, 0.25) is 17.7 Å². The molecule has 4 rings (SSSR count). The Morgan fingerprint density at radius 1 is 0.793 bits per heavy atom. The first-order valence-electron chi connectivity index (χ1n) is 19.2. The highest BCUT2D eigenvalue weighted by molar-refractivity contribution is 5.98. The lowest BCUT2D eigenvalue weighted by molar-refractivity contribution is -0.157. The van der Waals surface area contributed by atoms with Gasteiger partial charge in [0, 0.05) is 25.7 Å². The van der Waals surface area contributed by atoms with Crippen molar-refractivity contribution < 1.29 is 57.3 Å². The van der Waals surface area contributed by atoms with E-state index in [4.69, 9.17) is 18.9 Å². The number of esters is 2. The van der Waals surface area contributed by atoms with Crippen molar-refractivity contribution in [3.8, 4) is 0 Å². The molecular formula is C41H53N5O12. The largest absolute Gasteiger partial charge is 0.461 e. The lowest BCUT2D eigenvalue weighted by atomic mass is 10.1. The molecule has 2 N–H and O–H groups in total. The predicted octanol–water partition coefficient (Wildman–Crippen LogP) is 2.99. The Bertz CT molecular complexity index is 1800. The number of amides is 5. The first-order chi connectivity index (χ1) is 27.5. The Hall–Kier alpha value is -6.00. The molecule has 0 spiro atoms. The average Bonchev–Trinajstić information content (AvgIpc) is 3.91. The van der Waals surface area contributed by atoms with E-state index in [1.807, 2.05) is 0 Å². The second-order valence-electron chi connectivity index (χ2n) is 15.2. The van der Waals surface area contributed by atoms with Gasteiger partial charge < -0.3 is 39.4 Å². The summed E-state index contributed by atoms with van der Waals surface area (Å²) in [5.74, 6) is -4.09. The van der Waals surface area contributed by atoms with E-state index in [9.17, 15) is 38.4 Å². The van der Waals surface area contributed by atoms with Crippen molar-refractivity contribution in [3.63, 3.8) is 0 Å². The number of nitrogens with zero attached hydrogens (tertiary/aromatic N) is 3. The van der Waals surface area contributed by atoms with Crippen LogP contribution in [0.3, 0.4) is 0 Å². The van der Waals surface area contributed by atoms with Crippen LogP contribution in [0.2, 0.25) is 0 Å². The molecule has 0 aromatic heterocycles. The highest BCUT2D eigenvalue weighted by atomic mass is 16.6. The third-order valence-corrected chi connectivity index (χ3v) is 9.63. The molecule has 0 aliphatic carbocycles. The SMILES string of the molecule is C[C@H](NC(=O)[C@H](C)N(C)C(=O)[C@@H]1CCCN1C(=O)OC(C)(C)C)C(=O)N1CCC[C@H]1C(=O)OC[C@H](NC(=O)OCc1ccccc1)C(=O)OCC(=O)c1ccccc1. The van der Waals surface area contributed by atoms with E-state index in [1.165, 1.54) is 35.6 Å². The van der Waals surface area contributed by atoms with Crippen LogP contribution in [0.5, 0.6) is 0 Å². The summed E-state index contributed by atoms with van der Waals surface area (Å²) in [5, 5.41) is 4.95. The molecule has 0 radical (unpaired) electrons. The van der Waals surface area contributed by atoms with E-state index in [0.29, 0.717) is 36.9 Å². The number of rotatable bonds is 15. The number of nitrogens with one attached hydrogen (secondary N) is 2. The first-order valence-corrected chi connectivity index (χ1v) is 19.2. The lowest BCUT2D eigenvalue weighted by Gasteiger charge is -2.33. The topological polar surface area (TPSA) is 207 Å². The van der Waals surface area contributed by atoms with Gasteiger partial charge in [0.05, 0.1) is 0 Å². The van der Waals surface area contributed by atoms with Crippen molar-refractivity contribution >= 4 is 47.6 Å². The number of ether oxygens (including phenoxy) is 4. The van der Waals surface area contributed by atoms with Gasteiger partial charge in [-0.2, -0.15) is 0 Å². The maximum absolute atomic E-state index is 13.6. The minimum atomic E-state index is -1.57. The summed E-state index contributed by atoms with van der Waals surface area (Å²) in [6, 6.07) is 11.3. The maximum atomic E-state index is 13.6. The van der Waals surface area contributed by atoms with Gasteiger partial charge in [-0.25, -0.2) is 19.2 Å². The minimum absolute atomic E-state index is 0.118. The molecule has 2 fully saturated rings. The molecule has 58 heavy (non-hydrogen) atoms. The molecule has 17 heteroatoms. The fourth-order valence-corrected chi connectivity index (χ4v) is 6.37. The van der Waals surface area contributed by atoms with Crippen LogP contribution >= 0.6 is 0 Å². The Labute approximate surface area is 337 Å². The number of benzene rings is 2. The van der Waals surface area contributed by atoms with Crippen LogP contribution in [0, 0.1) is 0 Å². The van der Waals surface area contributed by atoms with Crippen LogP contribution in [0.15, 0.2) is 60.7 Å². The Balaban J connectivity index is 1.34. The van der Waals surface area contributed by atoms with Gasteiger partial charge in [-0.05, 0) is 65.9 Å². The van der Waals surface area contributed by atoms with Crippen molar-refractivity contribution in [1.29, 1.82) is 0 Å². The summed E-state index contributed by atoms with van der Waals surface area (Å²) in [4.78, 5) is 109. The number of Topliss-reactive ketones (excluding diaryl/α,β-unsaturated/α-hetero) is 1. The van der Waals surface area contributed by atoms with Gasteiger partial charge in [0.25, 0.3) is 0 Å². The van der Waals surface area contributed by atoms with Crippen molar-refractivity contribution in [2.75, 3.05) is 33.4 Å². The van der Waals surface area contributed by atoms with E-state index in [0.717, 1.165) is 0 Å². The van der Waals surface area contributed by atoms with E-state index in [-0.39, 0.29) is 19.6 Å². The number of likely N-dealkylation sites (N-methyl/N-ethyl adjacent to an activating group) is 1. The molecule has 5 atom stereocenters. The van der Waals surface area contributed by atoms with Crippen molar-refractivity contribution in [1.82, 2.24) is 25.3 Å². The van der Waals surface area contributed by atoms with Gasteiger partial charge >= 0.3 is 24.1 Å². The second kappa shape index (κ2) is 20.4. The zero-order chi connectivity index (χ0) is 42.6. The molecule has 2 aliphatic rings. The smallest absolute Gasteiger partial charge is 0.410 e. The van der Waals surface area contributed by atoms with Gasteiger partial charge in [0.1, 0.15) is 43.0 Å². The number of alkyl carbamates (subject to hydrolysis) is 1. The Morgan fingerprint density at radius 3 is 2.03 bits per heavy atom. The third kappa shape index (κ3) is 12.5. The number of hydrogen-bond acceptors (Lipinski definition) is 12. The van der Waals surface area contributed by atoms with Crippen LogP contribution < -0.4 is 10.6 Å². The second-order valence-corrected chi connectivity index (χ2v) is 15.2. The maximum Gasteiger partial charge on any atom is 0.410 e. The van der Waals surface area contributed by atoms with Crippen LogP contribution in [-0.2, 0) is 49.5 Å². The normalized spacial score (nSPS) is 17.9. The Kier molecular flexibility index (Phi) is 15.7. The quantitative estimate of drug-likeness (QED) is 0.151. The molecule has 2 aromatic rings. The van der Waals surface area contributed by atoms with E-state index in [2.05, 4.69) is 10.6 Å². The molecule has 5 amide bonds. The monoisotopic (exact) mass is 807 g/mol. The summed E-state index contributed by atoms with van der Waals surface area (Å²) >= 11 is 0. The molecule has 314 valence electrons. The minimum Gasteiger partial charge on any atom is -0.461 e. The highest BCUT2D eigenvalue weighted by Crippen LogP contribution is 2.24. The molecule has 2 saturated heterocycles. The number of hydrogen-bond donors (Lipinski definition) is 2. The molecule has 2 aromatic carbocycles. The van der Waals surface area contributed by atoms with E-state index in [1.54, 1.807) is 81.4 Å². The zero-order valence-electron chi connectivity index (χ0n) is 33.8. The number of carbonyl (C=O) groups excluding carboxylic acids is 8. The first kappa shape index (κ1) is 44.7. The molecule has 0 bridgehead atoms. The van der Waals surface area contributed by atoms with Gasteiger partial charge in [-0.3, -0.25) is 24.1 Å².